The molecule has 0 aliphatic carbocycles. The van der Waals surface area contributed by atoms with Gasteiger partial charge in [-0.3, -0.25) is 0 Å². The molecule has 0 saturated heterocycles. The summed E-state index contributed by atoms with van der Waals surface area (Å²) in [5.41, 5.74) is 1.33. The van der Waals surface area contributed by atoms with Gasteiger partial charge in [0.2, 0.25) is 0 Å². The highest BCUT2D eigenvalue weighted by Gasteiger charge is 2.02. The summed E-state index contributed by atoms with van der Waals surface area (Å²) in [6.45, 7) is 4.43. The Balaban J connectivity index is 2.50. The molecule has 0 spiro atoms. The Bertz CT molecular complexity index is 477. The molecule has 0 unspecified atom stereocenters. The maximum absolute atomic E-state index is 6.05. The number of nitrogens with zero attached hydrogens (tertiary/aromatic N) is 1. The van der Waals surface area contributed by atoms with Crippen LogP contribution >= 0.6 is 11.6 Å². The van der Waals surface area contributed by atoms with Crippen molar-refractivity contribution in [3.8, 4) is 0 Å². The fourth-order valence-electron chi connectivity index (χ4n) is 1.78. The Hall–Kier alpha value is -1.08. The fraction of sp³-hybridized carbons (Fsp3) is 0.308. The topological polar surface area (TPSA) is 12.9 Å². The maximum atomic E-state index is 6.05. The number of hydrogen-bond acceptors (Lipinski definition) is 1. The third-order valence-electron chi connectivity index (χ3n) is 2.43. The smallest absolute Gasteiger partial charge is 0.136 e. The summed E-state index contributed by atoms with van der Waals surface area (Å²) in [6, 6.07) is 8.41. The average Bonchev–Trinajstić information content (AvgIpc) is 2.18. The van der Waals surface area contributed by atoms with Crippen LogP contribution in [0.4, 0.5) is 0 Å². The van der Waals surface area contributed by atoms with Crippen LogP contribution in [0.25, 0.3) is 10.8 Å². The van der Waals surface area contributed by atoms with Crippen LogP contribution in [0.1, 0.15) is 19.4 Å². The standard InChI is InChI=1S/C13H14ClN/c1-9(2)7-10-3-4-11-5-6-15-13(14)12(11)8-10/h3-6,8-9H,7H2,1-2H3. The van der Waals surface area contributed by atoms with Gasteiger partial charge in [-0.2, -0.15) is 0 Å². The summed E-state index contributed by atoms with van der Waals surface area (Å²) < 4.78 is 0. The van der Waals surface area contributed by atoms with E-state index in [0.29, 0.717) is 11.1 Å². The second-order valence-electron chi connectivity index (χ2n) is 4.26. The molecule has 1 heterocycles. The van der Waals surface area contributed by atoms with Crippen molar-refractivity contribution in [2.75, 3.05) is 0 Å². The second-order valence-corrected chi connectivity index (χ2v) is 4.61. The molecule has 0 amide bonds. The van der Waals surface area contributed by atoms with E-state index in [2.05, 4.69) is 37.0 Å². The van der Waals surface area contributed by atoms with Crippen LogP contribution in [0, 0.1) is 5.92 Å². The molecular weight excluding hydrogens is 206 g/mol. The monoisotopic (exact) mass is 219 g/mol. The van der Waals surface area contributed by atoms with Crippen molar-refractivity contribution in [3.63, 3.8) is 0 Å². The largest absolute Gasteiger partial charge is 0.244 e. The molecule has 15 heavy (non-hydrogen) atoms. The van der Waals surface area contributed by atoms with Gasteiger partial charge in [0, 0.05) is 11.6 Å². The van der Waals surface area contributed by atoms with Gasteiger partial charge in [0.05, 0.1) is 0 Å². The van der Waals surface area contributed by atoms with Crippen molar-refractivity contribution in [2.45, 2.75) is 20.3 Å². The second kappa shape index (κ2) is 4.19. The Labute approximate surface area is 95.1 Å². The number of hydrogen-bond donors (Lipinski definition) is 0. The minimum atomic E-state index is 0.595. The molecule has 0 fully saturated rings. The van der Waals surface area contributed by atoms with Gasteiger partial charge in [-0.15, -0.1) is 0 Å². The molecule has 0 N–H and O–H groups in total. The number of benzene rings is 1. The molecule has 0 bridgehead atoms. The molecule has 0 atom stereocenters. The van der Waals surface area contributed by atoms with Crippen LogP contribution < -0.4 is 0 Å². The molecule has 2 heteroatoms. The molecule has 0 aliphatic rings. The normalized spacial score (nSPS) is 11.2. The summed E-state index contributed by atoms with van der Waals surface area (Å²) in [7, 11) is 0. The minimum Gasteiger partial charge on any atom is -0.244 e. The average molecular weight is 220 g/mol. The first-order valence-corrected chi connectivity index (χ1v) is 5.58. The van der Waals surface area contributed by atoms with Gasteiger partial charge in [0.1, 0.15) is 5.15 Å². The lowest BCUT2D eigenvalue weighted by Gasteiger charge is -2.06. The van der Waals surface area contributed by atoms with Gasteiger partial charge in [0.15, 0.2) is 0 Å². The molecule has 1 nitrogen and oxygen atoms in total. The molecule has 78 valence electrons. The molecule has 0 aliphatic heterocycles. The summed E-state index contributed by atoms with van der Waals surface area (Å²) >= 11 is 6.05. The van der Waals surface area contributed by atoms with Crippen LogP contribution in [0.15, 0.2) is 30.5 Å². The van der Waals surface area contributed by atoms with Crippen molar-refractivity contribution in [3.05, 3.63) is 41.2 Å². The van der Waals surface area contributed by atoms with Gasteiger partial charge < -0.3 is 0 Å². The van der Waals surface area contributed by atoms with E-state index in [4.69, 9.17) is 11.6 Å². The predicted molar refractivity (Wildman–Crippen MR) is 65.3 cm³/mol. The molecular formula is C13H14ClN. The molecule has 0 radical (unpaired) electrons. The number of fused-ring (bicyclic) bond motifs is 1. The van der Waals surface area contributed by atoms with Crippen molar-refractivity contribution in [1.82, 2.24) is 4.98 Å². The fourth-order valence-corrected chi connectivity index (χ4v) is 2.00. The van der Waals surface area contributed by atoms with Crippen LogP contribution in [0.3, 0.4) is 0 Å². The zero-order valence-electron chi connectivity index (χ0n) is 9.00. The van der Waals surface area contributed by atoms with Crippen molar-refractivity contribution < 1.29 is 0 Å². The van der Waals surface area contributed by atoms with Gasteiger partial charge in [-0.25, -0.2) is 4.98 Å². The van der Waals surface area contributed by atoms with Crippen LogP contribution in [0.5, 0.6) is 0 Å². The Morgan fingerprint density at radius 1 is 1.27 bits per heavy atom. The van der Waals surface area contributed by atoms with Gasteiger partial charge >= 0.3 is 0 Å². The lowest BCUT2D eigenvalue weighted by molar-refractivity contribution is 0.648. The molecule has 2 aromatic rings. The number of aromatic nitrogens is 1. The van der Waals surface area contributed by atoms with Crippen LogP contribution in [0.2, 0.25) is 5.15 Å². The highest BCUT2D eigenvalue weighted by molar-refractivity contribution is 6.34. The van der Waals surface area contributed by atoms with E-state index in [1.807, 2.05) is 6.07 Å². The van der Waals surface area contributed by atoms with Crippen molar-refractivity contribution >= 4 is 22.4 Å². The number of pyridine rings is 1. The van der Waals surface area contributed by atoms with E-state index in [9.17, 15) is 0 Å². The van der Waals surface area contributed by atoms with E-state index < -0.39 is 0 Å². The van der Waals surface area contributed by atoms with E-state index in [0.717, 1.165) is 17.2 Å². The molecule has 0 saturated carbocycles. The van der Waals surface area contributed by atoms with E-state index in [1.54, 1.807) is 6.20 Å². The lowest BCUT2D eigenvalue weighted by Crippen LogP contribution is -1.93. The predicted octanol–water partition coefficient (Wildman–Crippen LogP) is 4.09. The van der Waals surface area contributed by atoms with E-state index in [1.165, 1.54) is 5.56 Å². The maximum Gasteiger partial charge on any atom is 0.136 e. The van der Waals surface area contributed by atoms with Gasteiger partial charge in [0.25, 0.3) is 0 Å². The Kier molecular flexibility index (Phi) is 2.92. The van der Waals surface area contributed by atoms with E-state index >= 15 is 0 Å². The van der Waals surface area contributed by atoms with Crippen molar-refractivity contribution in [2.24, 2.45) is 5.92 Å². The van der Waals surface area contributed by atoms with Crippen molar-refractivity contribution in [1.29, 1.82) is 0 Å². The van der Waals surface area contributed by atoms with Crippen LogP contribution in [-0.2, 0) is 6.42 Å². The van der Waals surface area contributed by atoms with Gasteiger partial charge in [-0.05, 0) is 35.4 Å². The third-order valence-corrected chi connectivity index (χ3v) is 2.73. The highest BCUT2D eigenvalue weighted by Crippen LogP contribution is 2.23. The first-order valence-electron chi connectivity index (χ1n) is 5.20. The minimum absolute atomic E-state index is 0.595. The van der Waals surface area contributed by atoms with Gasteiger partial charge in [-0.1, -0.05) is 37.6 Å². The van der Waals surface area contributed by atoms with Crippen LogP contribution in [-0.4, -0.2) is 4.98 Å². The molecule has 1 aromatic carbocycles. The lowest BCUT2D eigenvalue weighted by atomic mass is 10.0. The first-order chi connectivity index (χ1) is 7.16. The molecule has 1 aromatic heterocycles. The summed E-state index contributed by atoms with van der Waals surface area (Å²) in [6.07, 6.45) is 2.83. The zero-order chi connectivity index (χ0) is 10.8. The Morgan fingerprint density at radius 2 is 2.07 bits per heavy atom. The summed E-state index contributed by atoms with van der Waals surface area (Å²) in [5.74, 6) is 0.665. The SMILES string of the molecule is CC(C)Cc1ccc2ccnc(Cl)c2c1. The third kappa shape index (κ3) is 2.29. The summed E-state index contributed by atoms with van der Waals surface area (Å²) in [5, 5.41) is 2.80. The Morgan fingerprint density at radius 3 is 2.80 bits per heavy atom. The highest BCUT2D eigenvalue weighted by atomic mass is 35.5. The summed E-state index contributed by atoms with van der Waals surface area (Å²) in [4.78, 5) is 4.09. The number of rotatable bonds is 2. The molecule has 2 rings (SSSR count). The first kappa shape index (κ1) is 10.4. The quantitative estimate of drug-likeness (QED) is 0.694. The zero-order valence-corrected chi connectivity index (χ0v) is 9.75. The van der Waals surface area contributed by atoms with E-state index in [-0.39, 0.29) is 0 Å². The number of halogens is 1.